The third kappa shape index (κ3) is 1.98. The van der Waals surface area contributed by atoms with Gasteiger partial charge in [0.05, 0.1) is 10.0 Å². The van der Waals surface area contributed by atoms with Crippen LogP contribution in [0, 0.1) is 0 Å². The SMILES string of the molecule is CCC1(C)OC(=O)C(c2ccc(Cl)c(Cl)c2)=C1O. The van der Waals surface area contributed by atoms with Crippen molar-refractivity contribution in [3.63, 3.8) is 0 Å². The number of hydrogen-bond donors (Lipinski definition) is 1. The number of esters is 1. The van der Waals surface area contributed by atoms with Crippen LogP contribution in [0.5, 0.6) is 0 Å². The highest BCUT2D eigenvalue weighted by molar-refractivity contribution is 6.42. The van der Waals surface area contributed by atoms with Crippen molar-refractivity contribution < 1.29 is 14.6 Å². The highest BCUT2D eigenvalue weighted by Crippen LogP contribution is 2.39. The fourth-order valence-electron chi connectivity index (χ4n) is 1.81. The lowest BCUT2D eigenvalue weighted by Gasteiger charge is -2.20. The van der Waals surface area contributed by atoms with Gasteiger partial charge in [0.2, 0.25) is 0 Å². The van der Waals surface area contributed by atoms with Crippen LogP contribution >= 0.6 is 23.2 Å². The van der Waals surface area contributed by atoms with Crippen LogP contribution in [0.4, 0.5) is 0 Å². The smallest absolute Gasteiger partial charge is 0.343 e. The molecule has 2 rings (SSSR count). The van der Waals surface area contributed by atoms with Gasteiger partial charge in [0.1, 0.15) is 5.57 Å². The van der Waals surface area contributed by atoms with Crippen molar-refractivity contribution in [1.82, 2.24) is 0 Å². The maximum atomic E-state index is 11.8. The van der Waals surface area contributed by atoms with Crippen LogP contribution in [0.25, 0.3) is 5.57 Å². The fourth-order valence-corrected chi connectivity index (χ4v) is 2.11. The second kappa shape index (κ2) is 4.48. The van der Waals surface area contributed by atoms with Gasteiger partial charge in [-0.05, 0) is 31.0 Å². The number of benzene rings is 1. The molecular formula is C13H12Cl2O3. The van der Waals surface area contributed by atoms with Crippen molar-refractivity contribution >= 4 is 34.7 Å². The summed E-state index contributed by atoms with van der Waals surface area (Å²) < 4.78 is 5.21. The standard InChI is InChI=1S/C13H12Cl2O3/c1-3-13(2)11(16)10(12(17)18-13)7-4-5-8(14)9(15)6-7/h4-6,16H,3H2,1-2H3. The summed E-state index contributed by atoms with van der Waals surface area (Å²) in [4.78, 5) is 11.8. The maximum absolute atomic E-state index is 11.8. The normalized spacial score (nSPS) is 23.4. The van der Waals surface area contributed by atoms with Crippen LogP contribution in [0.2, 0.25) is 10.0 Å². The number of halogens is 2. The number of ether oxygens (including phenoxy) is 1. The van der Waals surface area contributed by atoms with Gasteiger partial charge in [-0.25, -0.2) is 4.79 Å². The Morgan fingerprint density at radius 3 is 2.50 bits per heavy atom. The molecule has 1 unspecified atom stereocenters. The molecular weight excluding hydrogens is 275 g/mol. The molecule has 0 radical (unpaired) electrons. The van der Waals surface area contributed by atoms with E-state index in [0.717, 1.165) is 0 Å². The van der Waals surface area contributed by atoms with Crippen molar-refractivity contribution in [2.75, 3.05) is 0 Å². The number of rotatable bonds is 2. The predicted molar refractivity (Wildman–Crippen MR) is 70.8 cm³/mol. The summed E-state index contributed by atoms with van der Waals surface area (Å²) in [6, 6.07) is 4.74. The molecule has 96 valence electrons. The van der Waals surface area contributed by atoms with E-state index in [1.165, 1.54) is 6.07 Å². The Bertz CT molecular complexity index is 551. The molecule has 3 nitrogen and oxygen atoms in total. The summed E-state index contributed by atoms with van der Waals surface area (Å²) in [5, 5.41) is 10.9. The molecule has 0 aliphatic carbocycles. The van der Waals surface area contributed by atoms with Crippen molar-refractivity contribution in [2.45, 2.75) is 25.9 Å². The lowest BCUT2D eigenvalue weighted by atomic mass is 9.96. The molecule has 1 aliphatic heterocycles. The van der Waals surface area contributed by atoms with E-state index < -0.39 is 11.6 Å². The number of carbonyl (C=O) groups excluding carboxylic acids is 1. The van der Waals surface area contributed by atoms with E-state index in [-0.39, 0.29) is 11.3 Å². The molecule has 0 saturated heterocycles. The zero-order chi connectivity index (χ0) is 13.5. The molecule has 0 saturated carbocycles. The van der Waals surface area contributed by atoms with Crippen LogP contribution in [0.1, 0.15) is 25.8 Å². The van der Waals surface area contributed by atoms with Crippen molar-refractivity contribution in [3.8, 4) is 0 Å². The third-order valence-corrected chi connectivity index (χ3v) is 3.88. The molecule has 0 aromatic heterocycles. The number of carbonyl (C=O) groups is 1. The Hall–Kier alpha value is -1.19. The first-order chi connectivity index (χ1) is 8.39. The van der Waals surface area contributed by atoms with Gasteiger partial charge in [-0.3, -0.25) is 0 Å². The van der Waals surface area contributed by atoms with E-state index in [4.69, 9.17) is 27.9 Å². The average molecular weight is 287 g/mol. The number of hydrogen-bond acceptors (Lipinski definition) is 3. The highest BCUT2D eigenvalue weighted by Gasteiger charge is 2.43. The molecule has 5 heteroatoms. The molecule has 1 aliphatic rings. The molecule has 0 amide bonds. The van der Waals surface area contributed by atoms with E-state index in [2.05, 4.69) is 0 Å². The van der Waals surface area contributed by atoms with Gasteiger partial charge < -0.3 is 9.84 Å². The van der Waals surface area contributed by atoms with E-state index in [0.29, 0.717) is 22.0 Å². The highest BCUT2D eigenvalue weighted by atomic mass is 35.5. The van der Waals surface area contributed by atoms with Crippen molar-refractivity contribution in [3.05, 3.63) is 39.6 Å². The number of cyclic esters (lactones) is 1. The third-order valence-electron chi connectivity index (χ3n) is 3.14. The molecule has 0 bridgehead atoms. The molecule has 0 spiro atoms. The summed E-state index contributed by atoms with van der Waals surface area (Å²) in [6.45, 7) is 3.51. The number of aliphatic hydroxyl groups excluding tert-OH is 1. The minimum atomic E-state index is -0.960. The largest absolute Gasteiger partial charge is 0.507 e. The molecule has 1 atom stereocenters. The van der Waals surface area contributed by atoms with Gasteiger partial charge in [0.25, 0.3) is 0 Å². The molecule has 1 N–H and O–H groups in total. The Morgan fingerprint density at radius 1 is 1.33 bits per heavy atom. The first kappa shape index (κ1) is 13.2. The molecule has 0 fully saturated rings. The van der Waals surface area contributed by atoms with Gasteiger partial charge in [0.15, 0.2) is 11.4 Å². The van der Waals surface area contributed by atoms with Crippen molar-refractivity contribution in [2.24, 2.45) is 0 Å². The molecule has 1 aromatic rings. The summed E-state index contributed by atoms with van der Waals surface area (Å²) in [5.41, 5.74) is -0.305. The first-order valence-electron chi connectivity index (χ1n) is 5.51. The van der Waals surface area contributed by atoms with Crippen LogP contribution < -0.4 is 0 Å². The van der Waals surface area contributed by atoms with E-state index >= 15 is 0 Å². The Morgan fingerprint density at radius 2 is 2.00 bits per heavy atom. The zero-order valence-corrected chi connectivity index (χ0v) is 11.5. The minimum Gasteiger partial charge on any atom is -0.507 e. The van der Waals surface area contributed by atoms with Gasteiger partial charge >= 0.3 is 5.97 Å². The van der Waals surface area contributed by atoms with Crippen LogP contribution in [-0.2, 0) is 9.53 Å². The van der Waals surface area contributed by atoms with Crippen LogP contribution in [-0.4, -0.2) is 16.7 Å². The molecule has 1 aromatic carbocycles. The predicted octanol–water partition coefficient (Wildman–Crippen LogP) is 3.99. The summed E-state index contributed by atoms with van der Waals surface area (Å²) >= 11 is 11.7. The van der Waals surface area contributed by atoms with E-state index in [9.17, 15) is 9.90 Å². The van der Waals surface area contributed by atoms with Gasteiger partial charge in [0, 0.05) is 0 Å². The lowest BCUT2D eigenvalue weighted by molar-refractivity contribution is -0.145. The van der Waals surface area contributed by atoms with Crippen LogP contribution in [0.3, 0.4) is 0 Å². The minimum absolute atomic E-state index is 0.0617. The summed E-state index contributed by atoms with van der Waals surface area (Å²) in [7, 11) is 0. The monoisotopic (exact) mass is 286 g/mol. The quantitative estimate of drug-likeness (QED) is 0.837. The Labute approximate surface area is 115 Å². The molecule has 18 heavy (non-hydrogen) atoms. The topological polar surface area (TPSA) is 46.5 Å². The Kier molecular flexibility index (Phi) is 3.30. The summed E-state index contributed by atoms with van der Waals surface area (Å²) in [6.07, 6.45) is 0.495. The van der Waals surface area contributed by atoms with E-state index in [1.54, 1.807) is 19.1 Å². The van der Waals surface area contributed by atoms with Crippen LogP contribution in [0.15, 0.2) is 24.0 Å². The van der Waals surface area contributed by atoms with E-state index in [1.807, 2.05) is 6.92 Å². The average Bonchev–Trinajstić information content (AvgIpc) is 2.55. The van der Waals surface area contributed by atoms with Crippen molar-refractivity contribution in [1.29, 1.82) is 0 Å². The maximum Gasteiger partial charge on any atom is 0.343 e. The fraction of sp³-hybridized carbons (Fsp3) is 0.308. The lowest BCUT2D eigenvalue weighted by Crippen LogP contribution is -2.26. The van der Waals surface area contributed by atoms with Gasteiger partial charge in [-0.2, -0.15) is 0 Å². The second-order valence-electron chi connectivity index (χ2n) is 4.33. The van der Waals surface area contributed by atoms with Gasteiger partial charge in [-0.15, -0.1) is 0 Å². The van der Waals surface area contributed by atoms with Gasteiger partial charge in [-0.1, -0.05) is 36.2 Å². The number of aliphatic hydroxyl groups is 1. The Balaban J connectivity index is 2.55. The molecule has 1 heterocycles. The zero-order valence-electron chi connectivity index (χ0n) is 9.96. The second-order valence-corrected chi connectivity index (χ2v) is 5.14. The first-order valence-corrected chi connectivity index (χ1v) is 6.27. The summed E-state index contributed by atoms with van der Waals surface area (Å²) in [5.74, 6) is -0.608.